The van der Waals surface area contributed by atoms with Crippen LogP contribution in [-0.4, -0.2) is 11.7 Å². The molecule has 2 rings (SSSR count). The molecule has 1 saturated carbocycles. The molecule has 1 aromatic carbocycles. The van der Waals surface area contributed by atoms with E-state index in [9.17, 15) is 0 Å². The Balaban J connectivity index is 2.29. The van der Waals surface area contributed by atoms with E-state index >= 15 is 0 Å². The van der Waals surface area contributed by atoms with Crippen LogP contribution in [0.25, 0.3) is 0 Å². The highest BCUT2D eigenvalue weighted by Crippen LogP contribution is 2.33. The van der Waals surface area contributed by atoms with E-state index in [0.717, 1.165) is 28.6 Å². The molecule has 0 saturated heterocycles. The zero-order valence-corrected chi connectivity index (χ0v) is 10.3. The van der Waals surface area contributed by atoms with Crippen molar-refractivity contribution in [1.82, 2.24) is 0 Å². The van der Waals surface area contributed by atoms with Crippen LogP contribution in [-0.2, 0) is 0 Å². The van der Waals surface area contributed by atoms with Crippen molar-refractivity contribution in [2.24, 2.45) is 27.6 Å². The van der Waals surface area contributed by atoms with E-state index in [1.54, 1.807) is 0 Å². The van der Waals surface area contributed by atoms with Crippen LogP contribution in [0.2, 0.25) is 0 Å². The first-order valence-corrected chi connectivity index (χ1v) is 5.88. The Bertz CT molecular complexity index is 428. The minimum absolute atomic E-state index is 0.00439. The van der Waals surface area contributed by atoms with Gasteiger partial charge in [0.2, 0.25) is 5.96 Å². The highest BCUT2D eigenvalue weighted by Gasteiger charge is 2.28. The summed E-state index contributed by atoms with van der Waals surface area (Å²) in [6.07, 6.45) is 2.32. The topological polar surface area (TPSA) is 76.8 Å². The Morgan fingerprint density at radius 2 is 1.75 bits per heavy atom. The maximum Gasteiger partial charge on any atom is 0.211 e. The van der Waals surface area contributed by atoms with Crippen molar-refractivity contribution in [3.63, 3.8) is 0 Å². The van der Waals surface area contributed by atoms with E-state index in [2.05, 4.69) is 26.1 Å². The van der Waals surface area contributed by atoms with Gasteiger partial charge in [-0.05, 0) is 30.5 Å². The Morgan fingerprint density at radius 3 is 2.25 bits per heavy atom. The minimum atomic E-state index is -0.00439. The van der Waals surface area contributed by atoms with Crippen molar-refractivity contribution in [3.05, 3.63) is 34.3 Å². The third-order valence-electron chi connectivity index (χ3n) is 2.38. The second-order valence-corrected chi connectivity index (χ2v) is 4.71. The number of halogens is 1. The van der Waals surface area contributed by atoms with Crippen LogP contribution >= 0.6 is 15.9 Å². The van der Waals surface area contributed by atoms with Crippen LogP contribution in [0.15, 0.2) is 38.9 Å². The van der Waals surface area contributed by atoms with Gasteiger partial charge >= 0.3 is 0 Å². The van der Waals surface area contributed by atoms with E-state index in [1.165, 1.54) is 0 Å². The summed E-state index contributed by atoms with van der Waals surface area (Å²) in [6.45, 7) is 0. The molecule has 84 valence electrons. The van der Waals surface area contributed by atoms with Gasteiger partial charge in [-0.3, -0.25) is 0 Å². The molecule has 1 fully saturated rings. The van der Waals surface area contributed by atoms with Gasteiger partial charge in [0.1, 0.15) is 0 Å². The summed E-state index contributed by atoms with van der Waals surface area (Å²) < 4.78 is 1.05. The van der Waals surface area contributed by atoms with E-state index in [0.29, 0.717) is 5.92 Å². The molecule has 0 spiro atoms. The summed E-state index contributed by atoms with van der Waals surface area (Å²) in [7, 11) is 0. The van der Waals surface area contributed by atoms with Crippen LogP contribution in [0.5, 0.6) is 0 Å². The molecule has 1 aliphatic rings. The number of hydrogen-bond acceptors (Lipinski definition) is 2. The highest BCUT2D eigenvalue weighted by atomic mass is 79.9. The number of benzene rings is 1. The molecule has 16 heavy (non-hydrogen) atoms. The second kappa shape index (κ2) is 4.65. The van der Waals surface area contributed by atoms with Gasteiger partial charge < -0.3 is 11.5 Å². The largest absolute Gasteiger partial charge is 0.369 e. The van der Waals surface area contributed by atoms with Crippen molar-refractivity contribution in [2.75, 3.05) is 0 Å². The lowest BCUT2D eigenvalue weighted by atomic mass is 10.1. The minimum Gasteiger partial charge on any atom is -0.369 e. The van der Waals surface area contributed by atoms with E-state index < -0.39 is 0 Å². The zero-order chi connectivity index (χ0) is 11.5. The van der Waals surface area contributed by atoms with Gasteiger partial charge in [-0.2, -0.15) is 5.10 Å². The maximum absolute atomic E-state index is 5.28. The zero-order valence-electron chi connectivity index (χ0n) is 8.73. The van der Waals surface area contributed by atoms with Crippen molar-refractivity contribution in [3.8, 4) is 0 Å². The number of rotatable bonds is 3. The summed E-state index contributed by atoms with van der Waals surface area (Å²) >= 11 is 3.40. The molecule has 0 atom stereocenters. The van der Waals surface area contributed by atoms with E-state index in [4.69, 9.17) is 11.5 Å². The summed E-state index contributed by atoms with van der Waals surface area (Å²) in [5.41, 5.74) is 12.6. The third kappa shape index (κ3) is 2.82. The van der Waals surface area contributed by atoms with Crippen LogP contribution in [0.3, 0.4) is 0 Å². The average Bonchev–Trinajstić information content (AvgIpc) is 3.04. The van der Waals surface area contributed by atoms with Gasteiger partial charge in [0.25, 0.3) is 0 Å². The standard InChI is InChI=1S/C11H13BrN4/c12-9-5-3-8(4-6-9)10(7-1-2-7)15-16-11(13)14/h3-7H,1-2H2,(H4,13,14,16)/b15-10+. The molecule has 1 aliphatic carbocycles. The second-order valence-electron chi connectivity index (χ2n) is 3.79. The quantitative estimate of drug-likeness (QED) is 0.504. The lowest BCUT2D eigenvalue weighted by Crippen LogP contribution is -2.22. The number of guanidine groups is 1. The van der Waals surface area contributed by atoms with E-state index in [-0.39, 0.29) is 5.96 Å². The fourth-order valence-corrected chi connectivity index (χ4v) is 1.73. The van der Waals surface area contributed by atoms with Gasteiger partial charge in [0, 0.05) is 10.4 Å². The van der Waals surface area contributed by atoms with Crippen molar-refractivity contribution >= 4 is 27.6 Å². The Kier molecular flexibility index (Phi) is 3.24. The Morgan fingerprint density at radius 1 is 1.12 bits per heavy atom. The summed E-state index contributed by atoms with van der Waals surface area (Å²) in [4.78, 5) is 0. The van der Waals surface area contributed by atoms with Gasteiger partial charge in [0.15, 0.2) is 0 Å². The average molecular weight is 281 g/mol. The number of nitrogens with zero attached hydrogens (tertiary/aromatic N) is 2. The smallest absolute Gasteiger partial charge is 0.211 e. The predicted octanol–water partition coefficient (Wildman–Crippen LogP) is 1.84. The van der Waals surface area contributed by atoms with Crippen LogP contribution in [0, 0.1) is 5.92 Å². The lowest BCUT2D eigenvalue weighted by molar-refractivity contribution is 1.11. The monoisotopic (exact) mass is 280 g/mol. The molecule has 0 amide bonds. The summed E-state index contributed by atoms with van der Waals surface area (Å²) in [5.74, 6) is 0.500. The molecule has 0 aromatic heterocycles. The normalized spacial score (nSPS) is 15.9. The first-order valence-electron chi connectivity index (χ1n) is 5.09. The van der Waals surface area contributed by atoms with Crippen molar-refractivity contribution in [1.29, 1.82) is 0 Å². The molecule has 1 aromatic rings. The molecule has 4 N–H and O–H groups in total. The van der Waals surface area contributed by atoms with Gasteiger partial charge in [0.05, 0.1) is 5.71 Å². The molecule has 0 aliphatic heterocycles. The highest BCUT2D eigenvalue weighted by molar-refractivity contribution is 9.10. The van der Waals surface area contributed by atoms with Gasteiger partial charge in [-0.25, -0.2) is 0 Å². The Labute approximate surface area is 103 Å². The molecule has 0 bridgehead atoms. The molecule has 5 heteroatoms. The van der Waals surface area contributed by atoms with Crippen molar-refractivity contribution in [2.45, 2.75) is 12.8 Å². The van der Waals surface area contributed by atoms with Crippen LogP contribution in [0.4, 0.5) is 0 Å². The fourth-order valence-electron chi connectivity index (χ4n) is 1.46. The molecular weight excluding hydrogens is 268 g/mol. The summed E-state index contributed by atoms with van der Waals surface area (Å²) in [5, 5.41) is 7.86. The predicted molar refractivity (Wildman–Crippen MR) is 69.2 cm³/mol. The first kappa shape index (κ1) is 11.1. The fraction of sp³-hybridized carbons (Fsp3) is 0.273. The molecule has 0 heterocycles. The van der Waals surface area contributed by atoms with Crippen LogP contribution in [0.1, 0.15) is 18.4 Å². The number of hydrogen-bond donors (Lipinski definition) is 2. The lowest BCUT2D eigenvalue weighted by Gasteiger charge is -2.03. The molecule has 4 nitrogen and oxygen atoms in total. The third-order valence-corrected chi connectivity index (χ3v) is 2.91. The van der Waals surface area contributed by atoms with Gasteiger partial charge in [-0.1, -0.05) is 28.1 Å². The SMILES string of the molecule is NC(N)=N/N=C(/c1ccc(Br)cc1)C1CC1. The van der Waals surface area contributed by atoms with Crippen LogP contribution < -0.4 is 11.5 Å². The molecule has 0 radical (unpaired) electrons. The Hall–Kier alpha value is -1.36. The van der Waals surface area contributed by atoms with Gasteiger partial charge in [-0.15, -0.1) is 5.10 Å². The maximum atomic E-state index is 5.28. The summed E-state index contributed by atoms with van der Waals surface area (Å²) in [6, 6.07) is 8.01. The molecular formula is C11H13BrN4. The first-order chi connectivity index (χ1) is 7.66. The van der Waals surface area contributed by atoms with Crippen molar-refractivity contribution < 1.29 is 0 Å². The number of nitrogens with two attached hydrogens (primary N) is 2. The van der Waals surface area contributed by atoms with E-state index in [1.807, 2.05) is 24.3 Å². The molecule has 0 unspecified atom stereocenters.